The molecule has 0 aliphatic heterocycles. The van der Waals surface area contributed by atoms with Crippen molar-refractivity contribution in [1.29, 1.82) is 0 Å². The summed E-state index contributed by atoms with van der Waals surface area (Å²) >= 11 is 0. The van der Waals surface area contributed by atoms with Crippen LogP contribution in [0, 0.1) is 0 Å². The summed E-state index contributed by atoms with van der Waals surface area (Å²) in [6, 6.07) is 12.5. The van der Waals surface area contributed by atoms with Crippen molar-refractivity contribution in [3.8, 4) is 11.5 Å². The fraction of sp³-hybridized carbons (Fsp3) is 0.222. The lowest BCUT2D eigenvalue weighted by atomic mass is 9.70. The van der Waals surface area contributed by atoms with Crippen molar-refractivity contribution >= 4 is 11.8 Å². The number of phenols is 2. The molecule has 0 radical (unpaired) electrons. The van der Waals surface area contributed by atoms with Gasteiger partial charge in [-0.1, -0.05) is 24.3 Å². The Labute approximate surface area is 139 Å². The number of carbonyl (C=O) groups excluding carboxylic acids is 2. The second-order valence-electron chi connectivity index (χ2n) is 5.69. The number of rotatable bonds is 7. The van der Waals surface area contributed by atoms with Crippen LogP contribution in [0.3, 0.4) is 0 Å². The second kappa shape index (κ2) is 7.04. The van der Waals surface area contributed by atoms with Crippen molar-refractivity contribution in [2.45, 2.75) is 24.7 Å². The van der Waals surface area contributed by atoms with Gasteiger partial charge >= 0.3 is 0 Å². The quantitative estimate of drug-likeness (QED) is 0.614. The molecule has 0 atom stereocenters. The molecule has 0 heterocycles. The third-order valence-electron chi connectivity index (χ3n) is 4.07. The second-order valence-corrected chi connectivity index (χ2v) is 5.69. The van der Waals surface area contributed by atoms with E-state index < -0.39 is 17.2 Å². The Morgan fingerprint density at radius 1 is 0.917 bits per heavy atom. The van der Waals surface area contributed by atoms with Crippen LogP contribution < -0.4 is 11.5 Å². The number of carbonyl (C=O) groups is 2. The fourth-order valence-electron chi connectivity index (χ4n) is 2.93. The zero-order chi connectivity index (χ0) is 17.7. The van der Waals surface area contributed by atoms with Crippen molar-refractivity contribution in [1.82, 2.24) is 0 Å². The summed E-state index contributed by atoms with van der Waals surface area (Å²) in [5.74, 6) is -1.12. The highest BCUT2D eigenvalue weighted by atomic mass is 16.3. The summed E-state index contributed by atoms with van der Waals surface area (Å²) in [7, 11) is 0. The van der Waals surface area contributed by atoms with Gasteiger partial charge in [0.15, 0.2) is 0 Å². The number of amides is 2. The standard InChI is InChI=1S/C18H20N2O4/c19-16(23)8-3-9-18(17(20)24,12-4-1-6-14(21)10-12)13-5-2-7-15(22)11-13/h1-2,4-7,10-11,21-22H,3,8-9H2,(H2,19,23)(H2,20,24). The van der Waals surface area contributed by atoms with Gasteiger partial charge in [-0.2, -0.15) is 0 Å². The minimum Gasteiger partial charge on any atom is -0.508 e. The van der Waals surface area contributed by atoms with Gasteiger partial charge in [0.2, 0.25) is 11.8 Å². The summed E-state index contributed by atoms with van der Waals surface area (Å²) in [6.07, 6.45) is 0.661. The number of aromatic hydroxyl groups is 2. The molecule has 0 aliphatic rings. The molecule has 0 saturated heterocycles. The normalized spacial score (nSPS) is 11.2. The van der Waals surface area contributed by atoms with E-state index in [1.165, 1.54) is 24.3 Å². The molecule has 6 N–H and O–H groups in total. The van der Waals surface area contributed by atoms with Gasteiger partial charge in [0.05, 0.1) is 5.41 Å². The molecule has 0 aliphatic carbocycles. The Morgan fingerprint density at radius 3 is 1.79 bits per heavy atom. The van der Waals surface area contributed by atoms with E-state index in [-0.39, 0.29) is 24.3 Å². The molecule has 0 bridgehead atoms. The fourth-order valence-corrected chi connectivity index (χ4v) is 2.93. The SMILES string of the molecule is NC(=O)CCCC(C(N)=O)(c1cccc(O)c1)c1cccc(O)c1. The van der Waals surface area contributed by atoms with Gasteiger partial charge < -0.3 is 21.7 Å². The number of hydrogen-bond acceptors (Lipinski definition) is 4. The topological polar surface area (TPSA) is 127 Å². The maximum atomic E-state index is 12.5. The molecule has 0 aromatic heterocycles. The van der Waals surface area contributed by atoms with E-state index in [2.05, 4.69) is 0 Å². The van der Waals surface area contributed by atoms with E-state index in [1.54, 1.807) is 24.3 Å². The van der Waals surface area contributed by atoms with E-state index in [0.29, 0.717) is 17.5 Å². The molecular formula is C18H20N2O4. The minimum absolute atomic E-state index is 0.00632. The van der Waals surface area contributed by atoms with Crippen molar-refractivity contribution in [3.05, 3.63) is 59.7 Å². The summed E-state index contributed by atoms with van der Waals surface area (Å²) in [5, 5.41) is 19.6. The van der Waals surface area contributed by atoms with Crippen LogP contribution in [0.25, 0.3) is 0 Å². The van der Waals surface area contributed by atoms with Crippen LogP contribution in [0.1, 0.15) is 30.4 Å². The minimum atomic E-state index is -1.28. The Kier molecular flexibility index (Phi) is 5.08. The molecular weight excluding hydrogens is 308 g/mol. The predicted molar refractivity (Wildman–Crippen MR) is 89.2 cm³/mol. The van der Waals surface area contributed by atoms with Gasteiger partial charge in [-0.3, -0.25) is 9.59 Å². The van der Waals surface area contributed by atoms with Crippen LogP contribution in [0.4, 0.5) is 0 Å². The predicted octanol–water partition coefficient (Wildman–Crippen LogP) is 1.52. The van der Waals surface area contributed by atoms with E-state index in [4.69, 9.17) is 11.5 Å². The molecule has 0 fully saturated rings. The van der Waals surface area contributed by atoms with Gasteiger partial charge in [0.25, 0.3) is 0 Å². The van der Waals surface area contributed by atoms with Crippen LogP contribution in [0.2, 0.25) is 0 Å². The maximum Gasteiger partial charge on any atom is 0.232 e. The lowest BCUT2D eigenvalue weighted by molar-refractivity contribution is -0.123. The molecule has 6 heteroatoms. The average Bonchev–Trinajstić information content (AvgIpc) is 2.51. The molecule has 0 unspecified atom stereocenters. The molecule has 126 valence electrons. The Morgan fingerprint density at radius 2 is 1.42 bits per heavy atom. The Bertz CT molecular complexity index is 713. The molecule has 0 spiro atoms. The van der Waals surface area contributed by atoms with E-state index in [1.807, 2.05) is 0 Å². The van der Waals surface area contributed by atoms with Crippen molar-refractivity contribution in [3.63, 3.8) is 0 Å². The Hall–Kier alpha value is -3.02. The summed E-state index contributed by atoms with van der Waals surface area (Å²) in [5.41, 5.74) is 10.6. The number of benzene rings is 2. The van der Waals surface area contributed by atoms with E-state index in [0.717, 1.165) is 0 Å². The van der Waals surface area contributed by atoms with Crippen LogP contribution in [0.15, 0.2) is 48.5 Å². The zero-order valence-electron chi connectivity index (χ0n) is 13.1. The first-order valence-corrected chi connectivity index (χ1v) is 7.53. The van der Waals surface area contributed by atoms with Gasteiger partial charge in [-0.15, -0.1) is 0 Å². The van der Waals surface area contributed by atoms with Gasteiger partial charge in [-0.25, -0.2) is 0 Å². The zero-order valence-corrected chi connectivity index (χ0v) is 13.1. The highest BCUT2D eigenvalue weighted by molar-refractivity contribution is 5.91. The number of primary amides is 2. The van der Waals surface area contributed by atoms with Gasteiger partial charge in [-0.05, 0) is 48.2 Å². The third kappa shape index (κ3) is 3.48. The summed E-state index contributed by atoms with van der Waals surface area (Å²) in [6.45, 7) is 0. The average molecular weight is 328 g/mol. The van der Waals surface area contributed by atoms with Crippen molar-refractivity contribution in [2.75, 3.05) is 0 Å². The number of hydrogen-bond donors (Lipinski definition) is 4. The van der Waals surface area contributed by atoms with E-state index in [9.17, 15) is 19.8 Å². The van der Waals surface area contributed by atoms with Crippen LogP contribution in [-0.4, -0.2) is 22.0 Å². The van der Waals surface area contributed by atoms with Crippen LogP contribution >= 0.6 is 0 Å². The lowest BCUT2D eigenvalue weighted by Gasteiger charge is -2.32. The van der Waals surface area contributed by atoms with Crippen LogP contribution in [0.5, 0.6) is 11.5 Å². The molecule has 24 heavy (non-hydrogen) atoms. The van der Waals surface area contributed by atoms with E-state index >= 15 is 0 Å². The molecule has 2 aromatic carbocycles. The molecule has 6 nitrogen and oxygen atoms in total. The third-order valence-corrected chi connectivity index (χ3v) is 4.07. The Balaban J connectivity index is 2.60. The first-order chi connectivity index (χ1) is 11.4. The van der Waals surface area contributed by atoms with Gasteiger partial charge in [0.1, 0.15) is 11.5 Å². The highest BCUT2D eigenvalue weighted by Crippen LogP contribution is 2.39. The summed E-state index contributed by atoms with van der Waals surface area (Å²) < 4.78 is 0. The van der Waals surface area contributed by atoms with Gasteiger partial charge in [0, 0.05) is 6.42 Å². The highest BCUT2D eigenvalue weighted by Gasteiger charge is 2.40. The molecule has 2 amide bonds. The maximum absolute atomic E-state index is 12.5. The number of nitrogens with two attached hydrogens (primary N) is 2. The first kappa shape index (κ1) is 17.3. The largest absolute Gasteiger partial charge is 0.508 e. The first-order valence-electron chi connectivity index (χ1n) is 7.53. The van der Waals surface area contributed by atoms with Crippen LogP contribution in [-0.2, 0) is 15.0 Å². The molecule has 2 rings (SSSR count). The lowest BCUT2D eigenvalue weighted by Crippen LogP contribution is -2.42. The number of phenolic OH excluding ortho intramolecular Hbond substituents is 2. The monoisotopic (exact) mass is 328 g/mol. The van der Waals surface area contributed by atoms with Crippen molar-refractivity contribution < 1.29 is 19.8 Å². The molecule has 0 saturated carbocycles. The summed E-state index contributed by atoms with van der Waals surface area (Å²) in [4.78, 5) is 23.5. The molecule has 2 aromatic rings. The van der Waals surface area contributed by atoms with Crippen molar-refractivity contribution in [2.24, 2.45) is 11.5 Å². The smallest absolute Gasteiger partial charge is 0.232 e.